The molecule has 2 nitrogen and oxygen atoms in total. The standard InChI is InChI=1S/C12H15F2NO/c13-8-3-4-11(14)10(6-8)12(15)7-9-2-1-5-16-9/h3-4,6,9,12H,1-2,5,7,15H2. The van der Waals surface area contributed by atoms with Crippen LogP contribution in [-0.2, 0) is 4.74 Å². The molecule has 2 N–H and O–H groups in total. The van der Waals surface area contributed by atoms with E-state index in [2.05, 4.69) is 0 Å². The zero-order valence-electron chi connectivity index (χ0n) is 8.96. The molecule has 2 unspecified atom stereocenters. The number of ether oxygens (including phenoxy) is 1. The van der Waals surface area contributed by atoms with Gasteiger partial charge in [0, 0.05) is 18.2 Å². The summed E-state index contributed by atoms with van der Waals surface area (Å²) < 4.78 is 31.8. The SMILES string of the molecule is NC(CC1CCCO1)c1cc(F)ccc1F. The Hall–Kier alpha value is -1.00. The lowest BCUT2D eigenvalue weighted by molar-refractivity contribution is 0.0980. The third-order valence-corrected chi connectivity index (χ3v) is 2.90. The molecule has 1 aliphatic rings. The van der Waals surface area contributed by atoms with Crippen LogP contribution in [0.1, 0.15) is 30.9 Å². The van der Waals surface area contributed by atoms with Gasteiger partial charge in [0.2, 0.25) is 0 Å². The van der Waals surface area contributed by atoms with Gasteiger partial charge in [0.15, 0.2) is 0 Å². The molecule has 0 saturated carbocycles. The van der Waals surface area contributed by atoms with Crippen molar-refractivity contribution in [2.24, 2.45) is 5.73 Å². The van der Waals surface area contributed by atoms with Crippen molar-refractivity contribution in [1.82, 2.24) is 0 Å². The molecule has 0 amide bonds. The van der Waals surface area contributed by atoms with E-state index in [0.717, 1.165) is 37.6 Å². The van der Waals surface area contributed by atoms with E-state index in [1.807, 2.05) is 0 Å². The van der Waals surface area contributed by atoms with Gasteiger partial charge >= 0.3 is 0 Å². The highest BCUT2D eigenvalue weighted by atomic mass is 19.1. The fourth-order valence-electron chi connectivity index (χ4n) is 2.04. The summed E-state index contributed by atoms with van der Waals surface area (Å²) in [4.78, 5) is 0. The molecule has 1 aromatic carbocycles. The number of benzene rings is 1. The first-order valence-corrected chi connectivity index (χ1v) is 5.49. The fraction of sp³-hybridized carbons (Fsp3) is 0.500. The first kappa shape index (κ1) is 11.5. The monoisotopic (exact) mass is 227 g/mol. The zero-order chi connectivity index (χ0) is 11.5. The van der Waals surface area contributed by atoms with Crippen LogP contribution in [0.4, 0.5) is 8.78 Å². The van der Waals surface area contributed by atoms with E-state index < -0.39 is 17.7 Å². The number of rotatable bonds is 3. The number of nitrogens with two attached hydrogens (primary N) is 1. The molecule has 88 valence electrons. The van der Waals surface area contributed by atoms with E-state index in [1.165, 1.54) is 0 Å². The normalized spacial score (nSPS) is 22.3. The summed E-state index contributed by atoms with van der Waals surface area (Å²) in [5.74, 6) is -0.911. The highest BCUT2D eigenvalue weighted by Crippen LogP contribution is 2.25. The van der Waals surface area contributed by atoms with Crippen molar-refractivity contribution in [3.05, 3.63) is 35.4 Å². The van der Waals surface area contributed by atoms with Gasteiger partial charge in [0.1, 0.15) is 11.6 Å². The van der Waals surface area contributed by atoms with Crippen molar-refractivity contribution < 1.29 is 13.5 Å². The molecule has 0 spiro atoms. The molecule has 0 radical (unpaired) electrons. The molecular weight excluding hydrogens is 212 g/mol. The van der Waals surface area contributed by atoms with Gasteiger partial charge in [-0.2, -0.15) is 0 Å². The quantitative estimate of drug-likeness (QED) is 0.861. The predicted octanol–water partition coefficient (Wildman–Crippen LogP) is 2.53. The topological polar surface area (TPSA) is 35.2 Å². The lowest BCUT2D eigenvalue weighted by Crippen LogP contribution is -2.19. The van der Waals surface area contributed by atoms with Crippen molar-refractivity contribution >= 4 is 0 Å². The van der Waals surface area contributed by atoms with Crippen LogP contribution >= 0.6 is 0 Å². The molecule has 1 fully saturated rings. The van der Waals surface area contributed by atoms with E-state index >= 15 is 0 Å². The Morgan fingerprint density at radius 2 is 2.25 bits per heavy atom. The van der Waals surface area contributed by atoms with Gasteiger partial charge in [0.05, 0.1) is 6.10 Å². The second kappa shape index (κ2) is 4.89. The minimum absolute atomic E-state index is 0.0812. The van der Waals surface area contributed by atoms with E-state index in [0.29, 0.717) is 6.42 Å². The first-order chi connectivity index (χ1) is 7.66. The summed E-state index contributed by atoms with van der Waals surface area (Å²) in [5, 5.41) is 0. The van der Waals surface area contributed by atoms with Crippen molar-refractivity contribution in [2.75, 3.05) is 6.61 Å². The third-order valence-electron chi connectivity index (χ3n) is 2.90. The van der Waals surface area contributed by atoms with E-state index in [4.69, 9.17) is 10.5 Å². The Kier molecular flexibility index (Phi) is 3.51. The molecule has 1 heterocycles. The third kappa shape index (κ3) is 2.57. The minimum atomic E-state index is -0.501. The van der Waals surface area contributed by atoms with E-state index in [9.17, 15) is 8.78 Å². The van der Waals surface area contributed by atoms with Crippen LogP contribution in [0.3, 0.4) is 0 Å². The highest BCUT2D eigenvalue weighted by Gasteiger charge is 2.21. The Balaban J connectivity index is 2.07. The largest absolute Gasteiger partial charge is 0.378 e. The second-order valence-corrected chi connectivity index (χ2v) is 4.14. The van der Waals surface area contributed by atoms with Gasteiger partial charge in [-0.25, -0.2) is 8.78 Å². The molecule has 2 rings (SSSR count). The summed E-state index contributed by atoms with van der Waals surface area (Å²) in [7, 11) is 0. The predicted molar refractivity (Wildman–Crippen MR) is 56.9 cm³/mol. The summed E-state index contributed by atoms with van der Waals surface area (Å²) in [6.45, 7) is 0.739. The Bertz CT molecular complexity index is 364. The van der Waals surface area contributed by atoms with Crippen molar-refractivity contribution in [1.29, 1.82) is 0 Å². The summed E-state index contributed by atoms with van der Waals surface area (Å²) in [5.41, 5.74) is 6.09. The molecule has 0 aromatic heterocycles. The van der Waals surface area contributed by atoms with Gasteiger partial charge < -0.3 is 10.5 Å². The Labute approximate surface area is 93.4 Å². The highest BCUT2D eigenvalue weighted by molar-refractivity contribution is 5.22. The zero-order valence-corrected chi connectivity index (χ0v) is 8.96. The summed E-state index contributed by atoms with van der Waals surface area (Å²) >= 11 is 0. The van der Waals surface area contributed by atoms with Crippen molar-refractivity contribution in [3.63, 3.8) is 0 Å². The molecular formula is C12H15F2NO. The molecule has 0 bridgehead atoms. The first-order valence-electron chi connectivity index (χ1n) is 5.49. The average molecular weight is 227 g/mol. The van der Waals surface area contributed by atoms with Gasteiger partial charge in [0.25, 0.3) is 0 Å². The Morgan fingerprint density at radius 3 is 2.94 bits per heavy atom. The van der Waals surface area contributed by atoms with Crippen LogP contribution in [0.25, 0.3) is 0 Å². The van der Waals surface area contributed by atoms with Crippen LogP contribution in [0.2, 0.25) is 0 Å². The molecule has 4 heteroatoms. The van der Waals surface area contributed by atoms with Crippen molar-refractivity contribution in [2.45, 2.75) is 31.4 Å². The van der Waals surface area contributed by atoms with Crippen LogP contribution in [0.5, 0.6) is 0 Å². The van der Waals surface area contributed by atoms with E-state index in [1.54, 1.807) is 0 Å². The smallest absolute Gasteiger partial charge is 0.128 e. The fourth-order valence-corrected chi connectivity index (χ4v) is 2.04. The van der Waals surface area contributed by atoms with Gasteiger partial charge in [-0.1, -0.05) is 0 Å². The molecule has 16 heavy (non-hydrogen) atoms. The number of halogens is 2. The van der Waals surface area contributed by atoms with Gasteiger partial charge in [-0.3, -0.25) is 0 Å². The maximum atomic E-state index is 13.4. The lowest BCUT2D eigenvalue weighted by Gasteiger charge is -2.17. The number of hydrogen-bond donors (Lipinski definition) is 1. The molecule has 1 saturated heterocycles. The summed E-state index contributed by atoms with van der Waals surface area (Å²) in [6, 6.07) is 2.87. The van der Waals surface area contributed by atoms with E-state index in [-0.39, 0.29) is 11.7 Å². The molecule has 0 aliphatic carbocycles. The van der Waals surface area contributed by atoms with Crippen LogP contribution < -0.4 is 5.73 Å². The Morgan fingerprint density at radius 1 is 1.44 bits per heavy atom. The average Bonchev–Trinajstić information content (AvgIpc) is 2.74. The maximum Gasteiger partial charge on any atom is 0.128 e. The van der Waals surface area contributed by atoms with Crippen LogP contribution in [-0.4, -0.2) is 12.7 Å². The van der Waals surface area contributed by atoms with Gasteiger partial charge in [-0.15, -0.1) is 0 Å². The summed E-state index contributed by atoms with van der Waals surface area (Å²) in [6.07, 6.45) is 2.59. The van der Waals surface area contributed by atoms with Crippen molar-refractivity contribution in [3.8, 4) is 0 Å². The molecule has 2 atom stereocenters. The molecule has 1 aromatic rings. The molecule has 1 aliphatic heterocycles. The minimum Gasteiger partial charge on any atom is -0.378 e. The van der Waals surface area contributed by atoms with Crippen LogP contribution in [0, 0.1) is 11.6 Å². The van der Waals surface area contributed by atoms with Gasteiger partial charge in [-0.05, 0) is 37.5 Å². The number of hydrogen-bond acceptors (Lipinski definition) is 2. The van der Waals surface area contributed by atoms with Crippen LogP contribution in [0.15, 0.2) is 18.2 Å². The lowest BCUT2D eigenvalue weighted by atomic mass is 9.99. The second-order valence-electron chi connectivity index (χ2n) is 4.14. The maximum absolute atomic E-state index is 13.4.